The molecule has 0 nitrogen and oxygen atoms in total. The number of halogens is 7. The lowest BCUT2D eigenvalue weighted by molar-refractivity contribution is -0.140. The zero-order valence-electron chi connectivity index (χ0n) is 9.00. The van der Waals surface area contributed by atoms with Crippen LogP contribution in [0.3, 0.4) is 0 Å². The van der Waals surface area contributed by atoms with Crippen LogP contribution in [0, 0.1) is 5.82 Å². The Labute approximate surface area is 98.4 Å². The van der Waals surface area contributed by atoms with Crippen LogP contribution in [0.2, 0.25) is 0 Å². The van der Waals surface area contributed by atoms with E-state index in [1.165, 1.54) is 0 Å². The summed E-state index contributed by atoms with van der Waals surface area (Å²) in [5.41, 5.74) is -1.30. The van der Waals surface area contributed by atoms with E-state index in [0.29, 0.717) is 12.1 Å². The van der Waals surface area contributed by atoms with Crippen molar-refractivity contribution in [1.29, 1.82) is 0 Å². The molecule has 0 radical (unpaired) electrons. The van der Waals surface area contributed by atoms with Crippen LogP contribution in [-0.4, -0.2) is 6.18 Å². The Bertz CT molecular complexity index is 403. The largest absolute Gasteiger partial charge is 0.419 e. The third-order valence-electron chi connectivity index (χ3n) is 2.26. The highest BCUT2D eigenvalue weighted by atomic mass is 19.4. The second-order valence-corrected chi connectivity index (χ2v) is 3.78. The molecule has 0 aliphatic heterocycles. The number of rotatable bonds is 3. The fourth-order valence-electron chi connectivity index (χ4n) is 1.44. The first-order valence-electron chi connectivity index (χ1n) is 5.02. The molecule has 0 unspecified atom stereocenters. The SMILES string of the molecule is Fc1cc(CCCC(F)(F)F)ccc1C(F)(F)F. The van der Waals surface area contributed by atoms with Crippen LogP contribution in [0.25, 0.3) is 0 Å². The van der Waals surface area contributed by atoms with Gasteiger partial charge in [0.1, 0.15) is 5.82 Å². The van der Waals surface area contributed by atoms with Crippen LogP contribution in [0.15, 0.2) is 18.2 Å². The van der Waals surface area contributed by atoms with Crippen molar-refractivity contribution in [3.63, 3.8) is 0 Å². The van der Waals surface area contributed by atoms with Crippen molar-refractivity contribution < 1.29 is 30.7 Å². The van der Waals surface area contributed by atoms with Gasteiger partial charge in [-0.25, -0.2) is 4.39 Å². The van der Waals surface area contributed by atoms with Crippen molar-refractivity contribution in [2.45, 2.75) is 31.6 Å². The number of benzene rings is 1. The van der Waals surface area contributed by atoms with Crippen LogP contribution in [0.4, 0.5) is 30.7 Å². The van der Waals surface area contributed by atoms with E-state index in [0.717, 1.165) is 6.07 Å². The van der Waals surface area contributed by atoms with E-state index < -0.39 is 30.2 Å². The molecule has 1 aromatic rings. The number of aryl methyl sites for hydroxylation is 1. The fourth-order valence-corrected chi connectivity index (χ4v) is 1.44. The molecule has 18 heavy (non-hydrogen) atoms. The van der Waals surface area contributed by atoms with E-state index in [4.69, 9.17) is 0 Å². The Hall–Kier alpha value is -1.27. The molecular weight excluding hydrogens is 265 g/mol. The Balaban J connectivity index is 2.68. The summed E-state index contributed by atoms with van der Waals surface area (Å²) in [6.45, 7) is 0. The van der Waals surface area contributed by atoms with Gasteiger partial charge in [-0.2, -0.15) is 26.3 Å². The van der Waals surface area contributed by atoms with Crippen LogP contribution in [-0.2, 0) is 12.6 Å². The van der Waals surface area contributed by atoms with Gasteiger partial charge in [0, 0.05) is 6.42 Å². The van der Waals surface area contributed by atoms with Crippen LogP contribution in [0.5, 0.6) is 0 Å². The van der Waals surface area contributed by atoms with Crippen molar-refractivity contribution >= 4 is 0 Å². The predicted molar refractivity (Wildman–Crippen MR) is 50.4 cm³/mol. The lowest BCUT2D eigenvalue weighted by Crippen LogP contribution is -2.09. The third-order valence-corrected chi connectivity index (χ3v) is 2.26. The lowest BCUT2D eigenvalue weighted by Gasteiger charge is -2.10. The molecule has 0 aromatic heterocycles. The highest BCUT2D eigenvalue weighted by Gasteiger charge is 2.34. The number of hydrogen-bond donors (Lipinski definition) is 0. The van der Waals surface area contributed by atoms with Gasteiger partial charge in [-0.1, -0.05) is 6.07 Å². The Morgan fingerprint density at radius 1 is 0.944 bits per heavy atom. The number of hydrogen-bond acceptors (Lipinski definition) is 0. The molecule has 0 heterocycles. The molecule has 1 rings (SSSR count). The fraction of sp³-hybridized carbons (Fsp3) is 0.455. The van der Waals surface area contributed by atoms with E-state index in [1.807, 2.05) is 0 Å². The Kier molecular flexibility index (Phi) is 4.24. The molecule has 0 aliphatic carbocycles. The van der Waals surface area contributed by atoms with Crippen molar-refractivity contribution in [3.8, 4) is 0 Å². The normalized spacial score (nSPS) is 12.8. The highest BCUT2D eigenvalue weighted by Crippen LogP contribution is 2.32. The zero-order chi connectivity index (χ0) is 14.0. The lowest BCUT2D eigenvalue weighted by atomic mass is 10.1. The summed E-state index contributed by atoms with van der Waals surface area (Å²) in [5, 5.41) is 0. The van der Waals surface area contributed by atoms with Gasteiger partial charge in [0.05, 0.1) is 5.56 Å². The van der Waals surface area contributed by atoms with Gasteiger partial charge in [0.2, 0.25) is 0 Å². The Morgan fingerprint density at radius 2 is 1.56 bits per heavy atom. The number of alkyl halides is 6. The maximum atomic E-state index is 13.1. The third kappa shape index (κ3) is 4.54. The minimum atomic E-state index is -4.80. The molecule has 0 N–H and O–H groups in total. The van der Waals surface area contributed by atoms with Crippen molar-refractivity contribution in [3.05, 3.63) is 35.1 Å². The second kappa shape index (κ2) is 5.16. The molecular formula is C11H9F7. The molecule has 0 amide bonds. The molecule has 1 aromatic carbocycles. The van der Waals surface area contributed by atoms with Gasteiger partial charge >= 0.3 is 12.4 Å². The quantitative estimate of drug-likeness (QED) is 0.699. The van der Waals surface area contributed by atoms with Crippen molar-refractivity contribution in [1.82, 2.24) is 0 Å². The maximum Gasteiger partial charge on any atom is 0.419 e. The molecule has 102 valence electrons. The summed E-state index contributed by atoms with van der Waals surface area (Å²) in [5.74, 6) is -1.47. The highest BCUT2D eigenvalue weighted by molar-refractivity contribution is 5.26. The predicted octanol–water partition coefficient (Wildman–Crippen LogP) is 4.73. The van der Waals surface area contributed by atoms with Gasteiger partial charge in [-0.3, -0.25) is 0 Å². The maximum absolute atomic E-state index is 13.1. The summed E-state index contributed by atoms with van der Waals surface area (Å²) < 4.78 is 85.2. The van der Waals surface area contributed by atoms with Gasteiger partial charge in [0.25, 0.3) is 0 Å². The summed E-state index contributed by atoms with van der Waals surface area (Å²) in [7, 11) is 0. The molecule has 7 heteroatoms. The first-order valence-corrected chi connectivity index (χ1v) is 5.02. The molecule has 0 aliphatic rings. The van der Waals surface area contributed by atoms with Gasteiger partial charge < -0.3 is 0 Å². The summed E-state index contributed by atoms with van der Waals surface area (Å²) in [6.07, 6.45) is -10.6. The molecule has 0 spiro atoms. The van der Waals surface area contributed by atoms with Crippen LogP contribution >= 0.6 is 0 Å². The Morgan fingerprint density at radius 3 is 2.00 bits per heavy atom. The molecule has 0 saturated heterocycles. The van der Waals surface area contributed by atoms with Gasteiger partial charge in [-0.05, 0) is 30.5 Å². The standard InChI is InChI=1S/C11H9F7/c12-9-6-7(2-1-5-10(13,14)15)3-4-8(9)11(16,17)18/h3-4,6H,1-2,5H2. The van der Waals surface area contributed by atoms with Gasteiger partial charge in [-0.15, -0.1) is 0 Å². The minimum absolute atomic E-state index is 0.116. The molecule has 0 bridgehead atoms. The van der Waals surface area contributed by atoms with Crippen LogP contribution in [0.1, 0.15) is 24.0 Å². The molecule has 0 saturated carbocycles. The first kappa shape index (κ1) is 14.8. The van der Waals surface area contributed by atoms with E-state index in [-0.39, 0.29) is 18.4 Å². The molecule has 0 fully saturated rings. The summed E-state index contributed by atoms with van der Waals surface area (Å²) >= 11 is 0. The topological polar surface area (TPSA) is 0 Å². The average molecular weight is 274 g/mol. The van der Waals surface area contributed by atoms with E-state index >= 15 is 0 Å². The minimum Gasteiger partial charge on any atom is -0.206 e. The second-order valence-electron chi connectivity index (χ2n) is 3.78. The molecule has 0 atom stereocenters. The van der Waals surface area contributed by atoms with Crippen molar-refractivity contribution in [2.75, 3.05) is 0 Å². The monoisotopic (exact) mass is 274 g/mol. The van der Waals surface area contributed by atoms with E-state index in [2.05, 4.69) is 0 Å². The zero-order valence-corrected chi connectivity index (χ0v) is 9.00. The van der Waals surface area contributed by atoms with Crippen molar-refractivity contribution in [2.24, 2.45) is 0 Å². The van der Waals surface area contributed by atoms with Gasteiger partial charge in [0.15, 0.2) is 0 Å². The van der Waals surface area contributed by atoms with Crippen LogP contribution < -0.4 is 0 Å². The smallest absolute Gasteiger partial charge is 0.206 e. The average Bonchev–Trinajstić information content (AvgIpc) is 2.13. The summed E-state index contributed by atoms with van der Waals surface area (Å²) in [4.78, 5) is 0. The van der Waals surface area contributed by atoms with E-state index in [9.17, 15) is 30.7 Å². The summed E-state index contributed by atoms with van der Waals surface area (Å²) in [6, 6.07) is 2.15. The first-order chi connectivity index (χ1) is 8.09. The van der Waals surface area contributed by atoms with E-state index in [1.54, 1.807) is 0 Å².